The number of amides is 2. The summed E-state index contributed by atoms with van der Waals surface area (Å²) in [5, 5.41) is 5.78. The number of carbonyl (C=O) groups excluding carboxylic acids is 2. The molecule has 2 aromatic rings. The Morgan fingerprint density at radius 3 is 2.41 bits per heavy atom. The summed E-state index contributed by atoms with van der Waals surface area (Å²) >= 11 is 0. The topological polar surface area (TPSA) is 92.4 Å². The van der Waals surface area contributed by atoms with Crippen LogP contribution in [-0.4, -0.2) is 69.4 Å². The van der Waals surface area contributed by atoms with Crippen molar-refractivity contribution in [2.45, 2.75) is 32.9 Å². The largest absolute Gasteiger partial charge is 0.495 e. The van der Waals surface area contributed by atoms with Crippen molar-refractivity contribution >= 4 is 17.7 Å². The SMILES string of the molecule is CCOC(=O)C1=C(CN2CCN(c3ccccc3OC)CC2)NC(=O)N[C@@H]1c1ccc(OC(C)C)cc1. The van der Waals surface area contributed by atoms with Crippen molar-refractivity contribution in [3.05, 3.63) is 65.4 Å². The molecular formula is C28H36N4O5. The second-order valence-corrected chi connectivity index (χ2v) is 9.31. The number of anilines is 1. The highest BCUT2D eigenvalue weighted by atomic mass is 16.5. The minimum Gasteiger partial charge on any atom is -0.495 e. The Kier molecular flexibility index (Phi) is 8.55. The molecule has 0 saturated carbocycles. The lowest BCUT2D eigenvalue weighted by molar-refractivity contribution is -0.139. The van der Waals surface area contributed by atoms with Crippen molar-refractivity contribution in [3.63, 3.8) is 0 Å². The molecule has 2 aliphatic rings. The van der Waals surface area contributed by atoms with Gasteiger partial charge in [-0.2, -0.15) is 0 Å². The lowest BCUT2D eigenvalue weighted by Gasteiger charge is -2.38. The number of carbonyl (C=O) groups is 2. The third kappa shape index (κ3) is 6.35. The van der Waals surface area contributed by atoms with E-state index in [9.17, 15) is 9.59 Å². The molecule has 0 radical (unpaired) electrons. The fourth-order valence-corrected chi connectivity index (χ4v) is 4.72. The number of esters is 1. The first kappa shape index (κ1) is 26.3. The molecule has 0 unspecified atom stereocenters. The van der Waals surface area contributed by atoms with E-state index in [1.165, 1.54) is 0 Å². The van der Waals surface area contributed by atoms with Crippen LogP contribution in [0.1, 0.15) is 32.4 Å². The van der Waals surface area contributed by atoms with Crippen molar-refractivity contribution in [1.29, 1.82) is 0 Å². The number of piperazine rings is 1. The van der Waals surface area contributed by atoms with E-state index in [0.29, 0.717) is 17.8 Å². The van der Waals surface area contributed by atoms with E-state index in [1.54, 1.807) is 14.0 Å². The van der Waals surface area contributed by atoms with Gasteiger partial charge in [-0.25, -0.2) is 9.59 Å². The summed E-state index contributed by atoms with van der Waals surface area (Å²) in [6.45, 7) is 9.53. The molecule has 1 saturated heterocycles. The van der Waals surface area contributed by atoms with Crippen LogP contribution >= 0.6 is 0 Å². The zero-order chi connectivity index (χ0) is 26.4. The Morgan fingerprint density at radius 1 is 1.05 bits per heavy atom. The highest BCUT2D eigenvalue weighted by molar-refractivity contribution is 5.95. The van der Waals surface area contributed by atoms with Gasteiger partial charge in [-0.15, -0.1) is 0 Å². The molecule has 1 fully saturated rings. The van der Waals surface area contributed by atoms with Crippen molar-refractivity contribution in [1.82, 2.24) is 15.5 Å². The summed E-state index contributed by atoms with van der Waals surface area (Å²) in [6.07, 6.45) is 0.0504. The minimum atomic E-state index is -0.620. The quantitative estimate of drug-likeness (QED) is 0.501. The van der Waals surface area contributed by atoms with Gasteiger partial charge >= 0.3 is 12.0 Å². The number of rotatable bonds is 9. The zero-order valence-electron chi connectivity index (χ0n) is 22.0. The van der Waals surface area contributed by atoms with Crippen molar-refractivity contribution < 1.29 is 23.8 Å². The third-order valence-electron chi connectivity index (χ3n) is 6.41. The highest BCUT2D eigenvalue weighted by Crippen LogP contribution is 2.31. The predicted octanol–water partition coefficient (Wildman–Crippen LogP) is 3.48. The summed E-state index contributed by atoms with van der Waals surface area (Å²) in [4.78, 5) is 30.3. The van der Waals surface area contributed by atoms with Gasteiger partial charge in [-0.3, -0.25) is 4.90 Å². The molecule has 9 heteroatoms. The van der Waals surface area contributed by atoms with Gasteiger partial charge in [-0.1, -0.05) is 24.3 Å². The van der Waals surface area contributed by atoms with Gasteiger partial charge in [0.2, 0.25) is 0 Å². The summed E-state index contributed by atoms with van der Waals surface area (Å²) < 4.78 is 16.7. The van der Waals surface area contributed by atoms with E-state index in [0.717, 1.165) is 48.9 Å². The maximum Gasteiger partial charge on any atom is 0.338 e. The molecule has 2 heterocycles. The second kappa shape index (κ2) is 12.0. The van der Waals surface area contributed by atoms with Crippen LogP contribution in [0.15, 0.2) is 59.8 Å². The third-order valence-corrected chi connectivity index (χ3v) is 6.41. The molecule has 2 aliphatic heterocycles. The first-order valence-electron chi connectivity index (χ1n) is 12.7. The first-order valence-corrected chi connectivity index (χ1v) is 12.7. The van der Waals surface area contributed by atoms with E-state index in [1.807, 2.05) is 56.3 Å². The average molecular weight is 509 g/mol. The minimum absolute atomic E-state index is 0.0504. The Labute approximate surface area is 218 Å². The number of methoxy groups -OCH3 is 1. The maximum atomic E-state index is 13.1. The van der Waals surface area contributed by atoms with Gasteiger partial charge in [0, 0.05) is 38.4 Å². The van der Waals surface area contributed by atoms with Crippen molar-refractivity contribution in [3.8, 4) is 11.5 Å². The monoisotopic (exact) mass is 508 g/mol. The number of urea groups is 1. The first-order chi connectivity index (χ1) is 17.9. The molecule has 4 rings (SSSR count). The van der Waals surface area contributed by atoms with Crippen LogP contribution in [0.4, 0.5) is 10.5 Å². The van der Waals surface area contributed by atoms with Crippen LogP contribution in [0.25, 0.3) is 0 Å². The molecule has 0 aromatic heterocycles. The van der Waals surface area contributed by atoms with Gasteiger partial charge in [0.05, 0.1) is 37.1 Å². The van der Waals surface area contributed by atoms with Crippen LogP contribution in [0.2, 0.25) is 0 Å². The van der Waals surface area contributed by atoms with E-state index in [4.69, 9.17) is 14.2 Å². The fraction of sp³-hybridized carbons (Fsp3) is 0.429. The Morgan fingerprint density at radius 2 is 1.76 bits per heavy atom. The molecule has 9 nitrogen and oxygen atoms in total. The molecule has 0 aliphatic carbocycles. The number of nitrogens with zero attached hydrogens (tertiary/aromatic N) is 2. The van der Waals surface area contributed by atoms with Crippen LogP contribution in [0.5, 0.6) is 11.5 Å². The zero-order valence-corrected chi connectivity index (χ0v) is 22.0. The number of para-hydroxylation sites is 2. The Bertz CT molecular complexity index is 1120. The van der Waals surface area contributed by atoms with E-state index in [-0.39, 0.29) is 18.7 Å². The molecule has 2 N–H and O–H groups in total. The molecular weight excluding hydrogens is 472 g/mol. The summed E-state index contributed by atoms with van der Waals surface area (Å²) in [7, 11) is 1.68. The highest BCUT2D eigenvalue weighted by Gasteiger charge is 2.35. The van der Waals surface area contributed by atoms with Crippen LogP contribution in [-0.2, 0) is 9.53 Å². The Balaban J connectivity index is 1.54. The van der Waals surface area contributed by atoms with E-state index >= 15 is 0 Å². The number of nitrogens with one attached hydrogen (secondary N) is 2. The van der Waals surface area contributed by atoms with Gasteiger partial charge in [0.1, 0.15) is 11.5 Å². The van der Waals surface area contributed by atoms with E-state index in [2.05, 4.69) is 26.5 Å². The molecule has 1 atom stereocenters. The lowest BCUT2D eigenvalue weighted by atomic mass is 9.94. The van der Waals surface area contributed by atoms with Gasteiger partial charge in [0.15, 0.2) is 0 Å². The lowest BCUT2D eigenvalue weighted by Crippen LogP contribution is -2.51. The summed E-state index contributed by atoms with van der Waals surface area (Å²) in [5.74, 6) is 1.14. The van der Waals surface area contributed by atoms with Crippen molar-refractivity contribution in [2.24, 2.45) is 0 Å². The second-order valence-electron chi connectivity index (χ2n) is 9.31. The standard InChI is InChI=1S/C28H36N4O5/c1-5-36-27(33)25-22(18-31-14-16-32(17-15-31)23-8-6-7-9-24(23)35-4)29-28(34)30-26(25)20-10-12-21(13-11-20)37-19(2)3/h6-13,19,26H,5,14-18H2,1-4H3,(H2,29,30,34)/t26-/m1/s1. The van der Waals surface area contributed by atoms with Crippen LogP contribution in [0, 0.1) is 0 Å². The predicted molar refractivity (Wildman–Crippen MR) is 142 cm³/mol. The number of benzene rings is 2. The molecule has 0 spiro atoms. The number of ether oxygens (including phenoxy) is 3. The van der Waals surface area contributed by atoms with Gasteiger partial charge in [-0.05, 0) is 50.6 Å². The van der Waals surface area contributed by atoms with Crippen LogP contribution < -0.4 is 25.0 Å². The average Bonchev–Trinajstić information content (AvgIpc) is 2.89. The molecule has 0 bridgehead atoms. The van der Waals surface area contributed by atoms with Gasteiger partial charge < -0.3 is 29.7 Å². The molecule has 37 heavy (non-hydrogen) atoms. The number of hydrogen-bond acceptors (Lipinski definition) is 7. The molecule has 2 aromatic carbocycles. The van der Waals surface area contributed by atoms with Crippen LogP contribution in [0.3, 0.4) is 0 Å². The van der Waals surface area contributed by atoms with E-state index < -0.39 is 12.0 Å². The van der Waals surface area contributed by atoms with Crippen molar-refractivity contribution in [2.75, 3.05) is 51.3 Å². The molecule has 2 amide bonds. The molecule has 198 valence electrons. The number of hydrogen-bond donors (Lipinski definition) is 2. The maximum absolute atomic E-state index is 13.1. The summed E-state index contributed by atoms with van der Waals surface area (Å²) in [6, 6.07) is 14.5. The Hall–Kier alpha value is -3.72. The van der Waals surface area contributed by atoms with Gasteiger partial charge in [0.25, 0.3) is 0 Å². The summed E-state index contributed by atoms with van der Waals surface area (Å²) in [5.41, 5.74) is 2.84. The normalized spacial score (nSPS) is 18.4. The smallest absolute Gasteiger partial charge is 0.338 e. The fourth-order valence-electron chi connectivity index (χ4n) is 4.72.